The van der Waals surface area contributed by atoms with Crippen molar-refractivity contribution in [2.75, 3.05) is 6.54 Å². The number of benzene rings is 1. The van der Waals surface area contributed by atoms with Crippen molar-refractivity contribution in [3.63, 3.8) is 0 Å². The summed E-state index contributed by atoms with van der Waals surface area (Å²) in [7, 11) is 0. The molecule has 1 aromatic carbocycles. The highest BCUT2D eigenvalue weighted by Crippen LogP contribution is 2.10. The second-order valence-corrected chi connectivity index (χ2v) is 4.53. The topological polar surface area (TPSA) is 41.1 Å². The van der Waals surface area contributed by atoms with Gasteiger partial charge in [-0.15, -0.1) is 0 Å². The largest absolute Gasteiger partial charge is 0.352 e. The van der Waals surface area contributed by atoms with Crippen molar-refractivity contribution in [2.45, 2.75) is 32.4 Å². The molecule has 0 saturated carbocycles. The standard InChI is InChI=1S/C13H17FN2O/c1-9-2-3-10(12(14)6-9)7-15-8-11-4-5-13(17)16-11/h2-3,6,11,15H,4-5,7-8H2,1H3,(H,16,17)/t11-/m0/s1. The highest BCUT2D eigenvalue weighted by molar-refractivity contribution is 5.78. The molecular weight excluding hydrogens is 219 g/mol. The zero-order valence-electron chi connectivity index (χ0n) is 9.92. The van der Waals surface area contributed by atoms with Crippen LogP contribution in [0.2, 0.25) is 0 Å². The van der Waals surface area contributed by atoms with Crippen LogP contribution in [0, 0.1) is 12.7 Å². The van der Waals surface area contributed by atoms with E-state index in [9.17, 15) is 9.18 Å². The van der Waals surface area contributed by atoms with Crippen LogP contribution in [0.4, 0.5) is 4.39 Å². The number of hydrogen-bond acceptors (Lipinski definition) is 2. The molecule has 0 radical (unpaired) electrons. The van der Waals surface area contributed by atoms with E-state index in [2.05, 4.69) is 10.6 Å². The Hall–Kier alpha value is -1.42. The van der Waals surface area contributed by atoms with Gasteiger partial charge in [0.05, 0.1) is 0 Å². The fourth-order valence-electron chi connectivity index (χ4n) is 2.01. The SMILES string of the molecule is Cc1ccc(CNC[C@@H]2CCC(=O)N2)c(F)c1. The summed E-state index contributed by atoms with van der Waals surface area (Å²) < 4.78 is 13.5. The Morgan fingerprint density at radius 1 is 1.53 bits per heavy atom. The smallest absolute Gasteiger partial charge is 0.220 e. The Labute approximate surface area is 100 Å². The van der Waals surface area contributed by atoms with E-state index < -0.39 is 0 Å². The lowest BCUT2D eigenvalue weighted by Crippen LogP contribution is -2.35. The Bertz CT molecular complexity index is 420. The molecule has 1 aliphatic rings. The number of carbonyl (C=O) groups excluding carboxylic acids is 1. The first-order chi connectivity index (χ1) is 8.15. The Morgan fingerprint density at radius 3 is 3.00 bits per heavy atom. The first kappa shape index (κ1) is 12.0. The van der Waals surface area contributed by atoms with Gasteiger partial charge in [0.15, 0.2) is 0 Å². The minimum absolute atomic E-state index is 0.110. The molecule has 92 valence electrons. The summed E-state index contributed by atoms with van der Waals surface area (Å²) in [6, 6.07) is 5.42. The van der Waals surface area contributed by atoms with Gasteiger partial charge in [0.1, 0.15) is 5.82 Å². The lowest BCUT2D eigenvalue weighted by Gasteiger charge is -2.11. The van der Waals surface area contributed by atoms with Crippen LogP contribution in [0.25, 0.3) is 0 Å². The quantitative estimate of drug-likeness (QED) is 0.832. The first-order valence-electron chi connectivity index (χ1n) is 5.90. The molecule has 0 aliphatic carbocycles. The number of halogens is 1. The molecular formula is C13H17FN2O. The summed E-state index contributed by atoms with van der Waals surface area (Å²) in [4.78, 5) is 11.0. The number of carbonyl (C=O) groups is 1. The molecule has 0 aromatic heterocycles. The molecule has 4 heteroatoms. The third-order valence-electron chi connectivity index (χ3n) is 3.00. The van der Waals surface area contributed by atoms with Crippen molar-refractivity contribution in [1.29, 1.82) is 0 Å². The minimum Gasteiger partial charge on any atom is -0.352 e. The summed E-state index contributed by atoms with van der Waals surface area (Å²) in [5, 5.41) is 6.04. The van der Waals surface area contributed by atoms with Crippen LogP contribution in [0.3, 0.4) is 0 Å². The molecule has 3 nitrogen and oxygen atoms in total. The zero-order valence-corrected chi connectivity index (χ0v) is 9.92. The molecule has 1 amide bonds. The van der Waals surface area contributed by atoms with Crippen LogP contribution >= 0.6 is 0 Å². The first-order valence-corrected chi connectivity index (χ1v) is 5.90. The molecule has 0 spiro atoms. The minimum atomic E-state index is -0.173. The van der Waals surface area contributed by atoms with E-state index in [1.165, 1.54) is 6.07 Å². The van der Waals surface area contributed by atoms with Gasteiger partial charge in [-0.2, -0.15) is 0 Å². The van der Waals surface area contributed by atoms with Crippen LogP contribution in [0.15, 0.2) is 18.2 Å². The van der Waals surface area contributed by atoms with Gasteiger partial charge in [-0.3, -0.25) is 4.79 Å². The van der Waals surface area contributed by atoms with E-state index in [-0.39, 0.29) is 17.8 Å². The molecule has 17 heavy (non-hydrogen) atoms. The van der Waals surface area contributed by atoms with Gasteiger partial charge in [0, 0.05) is 31.1 Å². The Morgan fingerprint density at radius 2 is 2.35 bits per heavy atom. The van der Waals surface area contributed by atoms with Gasteiger partial charge < -0.3 is 10.6 Å². The van der Waals surface area contributed by atoms with Crippen molar-refractivity contribution in [3.8, 4) is 0 Å². The highest BCUT2D eigenvalue weighted by atomic mass is 19.1. The molecule has 1 aromatic rings. The molecule has 0 unspecified atom stereocenters. The summed E-state index contributed by atoms with van der Waals surface area (Å²) in [5.74, 6) is -0.0636. The maximum Gasteiger partial charge on any atom is 0.220 e. The third kappa shape index (κ3) is 3.27. The number of aryl methyl sites for hydroxylation is 1. The molecule has 1 heterocycles. The Balaban J connectivity index is 1.80. The fourth-order valence-corrected chi connectivity index (χ4v) is 2.01. The molecule has 1 saturated heterocycles. The van der Waals surface area contributed by atoms with E-state index in [1.807, 2.05) is 13.0 Å². The summed E-state index contributed by atoms with van der Waals surface area (Å²) in [6.07, 6.45) is 1.47. The molecule has 0 bridgehead atoms. The average Bonchev–Trinajstić information content (AvgIpc) is 2.68. The molecule has 1 aliphatic heterocycles. The van der Waals surface area contributed by atoms with Crippen molar-refractivity contribution in [1.82, 2.24) is 10.6 Å². The predicted octanol–water partition coefficient (Wildman–Crippen LogP) is 1.50. The summed E-state index contributed by atoms with van der Waals surface area (Å²) in [5.41, 5.74) is 1.59. The van der Waals surface area contributed by atoms with E-state index in [0.29, 0.717) is 25.1 Å². The van der Waals surface area contributed by atoms with Crippen LogP contribution in [0.5, 0.6) is 0 Å². The number of hydrogen-bond donors (Lipinski definition) is 2. The molecule has 2 N–H and O–H groups in total. The zero-order chi connectivity index (χ0) is 12.3. The second-order valence-electron chi connectivity index (χ2n) is 4.53. The van der Waals surface area contributed by atoms with Gasteiger partial charge >= 0.3 is 0 Å². The van der Waals surface area contributed by atoms with E-state index in [1.54, 1.807) is 6.07 Å². The summed E-state index contributed by atoms with van der Waals surface area (Å²) in [6.45, 7) is 3.06. The average molecular weight is 236 g/mol. The lowest BCUT2D eigenvalue weighted by atomic mass is 10.1. The maximum absolute atomic E-state index is 13.5. The molecule has 2 rings (SSSR count). The van der Waals surface area contributed by atoms with Crippen LogP contribution in [0.1, 0.15) is 24.0 Å². The maximum atomic E-state index is 13.5. The molecule has 1 fully saturated rings. The molecule has 1 atom stereocenters. The fraction of sp³-hybridized carbons (Fsp3) is 0.462. The second kappa shape index (κ2) is 5.27. The van der Waals surface area contributed by atoms with Crippen LogP contribution in [-0.2, 0) is 11.3 Å². The van der Waals surface area contributed by atoms with E-state index >= 15 is 0 Å². The third-order valence-corrected chi connectivity index (χ3v) is 3.00. The van der Waals surface area contributed by atoms with E-state index in [4.69, 9.17) is 0 Å². The van der Waals surface area contributed by atoms with Crippen molar-refractivity contribution >= 4 is 5.91 Å². The monoisotopic (exact) mass is 236 g/mol. The van der Waals surface area contributed by atoms with Gasteiger partial charge in [0.25, 0.3) is 0 Å². The van der Waals surface area contributed by atoms with Gasteiger partial charge in [0.2, 0.25) is 5.91 Å². The number of nitrogens with one attached hydrogen (secondary N) is 2. The highest BCUT2D eigenvalue weighted by Gasteiger charge is 2.19. The normalized spacial score (nSPS) is 19.4. The van der Waals surface area contributed by atoms with Crippen LogP contribution < -0.4 is 10.6 Å². The van der Waals surface area contributed by atoms with Crippen molar-refractivity contribution in [2.24, 2.45) is 0 Å². The van der Waals surface area contributed by atoms with E-state index in [0.717, 1.165) is 12.0 Å². The summed E-state index contributed by atoms with van der Waals surface area (Å²) >= 11 is 0. The number of rotatable bonds is 4. The predicted molar refractivity (Wildman–Crippen MR) is 64.0 cm³/mol. The Kier molecular flexibility index (Phi) is 3.74. The van der Waals surface area contributed by atoms with Crippen molar-refractivity contribution in [3.05, 3.63) is 35.1 Å². The van der Waals surface area contributed by atoms with Crippen molar-refractivity contribution < 1.29 is 9.18 Å². The number of amides is 1. The van der Waals surface area contributed by atoms with Gasteiger partial charge in [-0.05, 0) is 25.0 Å². The lowest BCUT2D eigenvalue weighted by molar-refractivity contribution is -0.119. The van der Waals surface area contributed by atoms with Gasteiger partial charge in [-0.1, -0.05) is 12.1 Å². The van der Waals surface area contributed by atoms with Crippen LogP contribution in [-0.4, -0.2) is 18.5 Å². The van der Waals surface area contributed by atoms with Gasteiger partial charge in [-0.25, -0.2) is 4.39 Å².